The van der Waals surface area contributed by atoms with Crippen LogP contribution in [0, 0.1) is 5.82 Å². The number of halogens is 2. The van der Waals surface area contributed by atoms with Gasteiger partial charge in [0.25, 0.3) is 0 Å². The smallest absolute Gasteiger partial charge is 0.147 e. The Morgan fingerprint density at radius 3 is 2.86 bits per heavy atom. The molecule has 1 aromatic rings. The Hall–Kier alpha value is -0.610. The van der Waals surface area contributed by atoms with Crippen LogP contribution < -0.4 is 4.90 Å². The Kier molecular flexibility index (Phi) is 2.74. The molecule has 0 aromatic heterocycles. The predicted octanol–water partition coefficient (Wildman–Crippen LogP) is 2.16. The number of hydrogen-bond donors (Lipinski definition) is 1. The topological polar surface area (TPSA) is 23.5 Å². The number of β-amino-alcohol motifs (C(OH)–C–C–N with tert-alkyl or cyclic N) is 1. The van der Waals surface area contributed by atoms with Crippen molar-refractivity contribution in [2.75, 3.05) is 18.0 Å². The normalized spacial score (nSPS) is 21.6. The van der Waals surface area contributed by atoms with E-state index < -0.39 is 0 Å². The van der Waals surface area contributed by atoms with Gasteiger partial charge < -0.3 is 10.0 Å². The summed E-state index contributed by atoms with van der Waals surface area (Å²) in [6.07, 6.45) is 0.397. The lowest BCUT2D eigenvalue weighted by Crippen LogP contribution is -2.22. The number of anilines is 1. The molecule has 1 fully saturated rings. The first kappa shape index (κ1) is 9.93. The summed E-state index contributed by atoms with van der Waals surface area (Å²) in [7, 11) is 0. The zero-order valence-electron chi connectivity index (χ0n) is 7.58. The molecule has 0 spiro atoms. The summed E-state index contributed by atoms with van der Waals surface area (Å²) < 4.78 is 14.2. The van der Waals surface area contributed by atoms with Gasteiger partial charge in [0.1, 0.15) is 5.82 Å². The van der Waals surface area contributed by atoms with E-state index in [-0.39, 0.29) is 11.9 Å². The van der Waals surface area contributed by atoms with Crippen molar-refractivity contribution >= 4 is 21.6 Å². The van der Waals surface area contributed by atoms with Gasteiger partial charge in [-0.2, -0.15) is 0 Å². The van der Waals surface area contributed by atoms with Crippen LogP contribution in [0.1, 0.15) is 6.42 Å². The standard InChI is InChI=1S/C10H11BrFNO/c11-7-1-2-10(9(12)5-7)13-4-3-8(14)6-13/h1-2,5,8,14H,3-4,6H2/t8-/m1/s1. The molecule has 0 radical (unpaired) electrons. The van der Waals surface area contributed by atoms with E-state index >= 15 is 0 Å². The Balaban J connectivity index is 2.24. The minimum absolute atomic E-state index is 0.242. The van der Waals surface area contributed by atoms with Crippen LogP contribution in [0.4, 0.5) is 10.1 Å². The third-order valence-corrected chi connectivity index (χ3v) is 2.91. The molecule has 0 aliphatic carbocycles. The molecule has 0 saturated carbocycles. The molecular formula is C10H11BrFNO. The molecule has 76 valence electrons. The molecule has 0 unspecified atom stereocenters. The van der Waals surface area contributed by atoms with Gasteiger partial charge >= 0.3 is 0 Å². The van der Waals surface area contributed by atoms with Gasteiger partial charge in [0.2, 0.25) is 0 Å². The van der Waals surface area contributed by atoms with Gasteiger partial charge in [0.05, 0.1) is 11.8 Å². The highest BCUT2D eigenvalue weighted by atomic mass is 79.9. The van der Waals surface area contributed by atoms with Crippen LogP contribution in [0.3, 0.4) is 0 Å². The average molecular weight is 260 g/mol. The Bertz CT molecular complexity index is 345. The van der Waals surface area contributed by atoms with E-state index in [4.69, 9.17) is 0 Å². The first-order valence-electron chi connectivity index (χ1n) is 4.55. The summed E-state index contributed by atoms with van der Waals surface area (Å²) in [4.78, 5) is 1.87. The first-order chi connectivity index (χ1) is 6.66. The number of rotatable bonds is 1. The quantitative estimate of drug-likeness (QED) is 0.836. The second kappa shape index (κ2) is 3.87. The summed E-state index contributed by atoms with van der Waals surface area (Å²) in [6.45, 7) is 1.25. The summed E-state index contributed by atoms with van der Waals surface area (Å²) in [5, 5.41) is 9.33. The fourth-order valence-corrected chi connectivity index (χ4v) is 2.03. The van der Waals surface area contributed by atoms with Crippen LogP contribution in [0.15, 0.2) is 22.7 Å². The third kappa shape index (κ3) is 1.91. The van der Waals surface area contributed by atoms with Crippen LogP contribution in [-0.4, -0.2) is 24.3 Å². The maximum Gasteiger partial charge on any atom is 0.147 e. The molecule has 1 aliphatic heterocycles. The number of benzene rings is 1. The van der Waals surface area contributed by atoms with E-state index in [1.165, 1.54) is 6.07 Å². The van der Waals surface area contributed by atoms with Gasteiger partial charge in [-0.05, 0) is 24.6 Å². The molecule has 4 heteroatoms. The van der Waals surface area contributed by atoms with E-state index in [2.05, 4.69) is 15.9 Å². The highest BCUT2D eigenvalue weighted by molar-refractivity contribution is 9.10. The van der Waals surface area contributed by atoms with Crippen LogP contribution in [0.5, 0.6) is 0 Å². The van der Waals surface area contributed by atoms with Gasteiger partial charge in [-0.25, -0.2) is 4.39 Å². The Morgan fingerprint density at radius 1 is 1.50 bits per heavy atom. The second-order valence-corrected chi connectivity index (χ2v) is 4.40. The Morgan fingerprint density at radius 2 is 2.29 bits per heavy atom. The summed E-state index contributed by atoms with van der Waals surface area (Å²) >= 11 is 3.21. The minimum Gasteiger partial charge on any atom is -0.391 e. The molecule has 0 amide bonds. The SMILES string of the molecule is O[C@@H]1CCN(c2ccc(Br)cc2F)C1. The summed E-state index contributed by atoms with van der Waals surface area (Å²) in [5.41, 5.74) is 0.574. The van der Waals surface area contributed by atoms with Crippen LogP contribution in [-0.2, 0) is 0 Å². The fourth-order valence-electron chi connectivity index (χ4n) is 1.70. The number of aliphatic hydroxyl groups excluding tert-OH is 1. The second-order valence-electron chi connectivity index (χ2n) is 3.48. The third-order valence-electron chi connectivity index (χ3n) is 2.41. The van der Waals surface area contributed by atoms with Crippen molar-refractivity contribution < 1.29 is 9.50 Å². The van der Waals surface area contributed by atoms with E-state index in [0.29, 0.717) is 12.2 Å². The van der Waals surface area contributed by atoms with Crippen LogP contribution >= 0.6 is 15.9 Å². The molecule has 1 atom stereocenters. The average Bonchev–Trinajstić information content (AvgIpc) is 2.51. The molecule has 1 saturated heterocycles. The van der Waals surface area contributed by atoms with E-state index in [0.717, 1.165) is 17.4 Å². The van der Waals surface area contributed by atoms with Gasteiger partial charge in [-0.1, -0.05) is 15.9 Å². The lowest BCUT2D eigenvalue weighted by molar-refractivity contribution is 0.198. The minimum atomic E-state index is -0.321. The summed E-state index contributed by atoms with van der Waals surface area (Å²) in [6, 6.07) is 4.99. The molecule has 2 nitrogen and oxygen atoms in total. The van der Waals surface area contributed by atoms with Crippen LogP contribution in [0.2, 0.25) is 0 Å². The molecule has 1 N–H and O–H groups in total. The van der Waals surface area contributed by atoms with Gasteiger partial charge in [0.15, 0.2) is 0 Å². The van der Waals surface area contributed by atoms with Gasteiger partial charge in [-0.15, -0.1) is 0 Å². The number of hydrogen-bond acceptors (Lipinski definition) is 2. The Labute approximate surface area is 90.5 Å². The van der Waals surface area contributed by atoms with Crippen molar-refractivity contribution in [3.05, 3.63) is 28.5 Å². The number of aliphatic hydroxyl groups is 1. The zero-order chi connectivity index (χ0) is 10.1. The van der Waals surface area contributed by atoms with Crippen molar-refractivity contribution in [3.63, 3.8) is 0 Å². The molecule has 2 rings (SSSR count). The van der Waals surface area contributed by atoms with Gasteiger partial charge in [-0.3, -0.25) is 0 Å². The molecular weight excluding hydrogens is 249 g/mol. The highest BCUT2D eigenvalue weighted by Gasteiger charge is 2.22. The maximum absolute atomic E-state index is 13.5. The largest absolute Gasteiger partial charge is 0.391 e. The van der Waals surface area contributed by atoms with Crippen molar-refractivity contribution in [2.45, 2.75) is 12.5 Å². The summed E-state index contributed by atoms with van der Waals surface area (Å²) in [5.74, 6) is -0.242. The zero-order valence-corrected chi connectivity index (χ0v) is 9.17. The lowest BCUT2D eigenvalue weighted by atomic mass is 10.3. The van der Waals surface area contributed by atoms with Gasteiger partial charge in [0, 0.05) is 17.6 Å². The highest BCUT2D eigenvalue weighted by Crippen LogP contribution is 2.26. The molecule has 1 aromatic carbocycles. The van der Waals surface area contributed by atoms with E-state index in [1.807, 2.05) is 11.0 Å². The lowest BCUT2D eigenvalue weighted by Gasteiger charge is -2.18. The van der Waals surface area contributed by atoms with Crippen molar-refractivity contribution in [1.29, 1.82) is 0 Å². The molecule has 1 aliphatic rings. The first-order valence-corrected chi connectivity index (χ1v) is 5.34. The van der Waals surface area contributed by atoms with Crippen molar-refractivity contribution in [2.24, 2.45) is 0 Å². The van der Waals surface area contributed by atoms with E-state index in [9.17, 15) is 9.50 Å². The van der Waals surface area contributed by atoms with Crippen LogP contribution in [0.25, 0.3) is 0 Å². The van der Waals surface area contributed by atoms with Crippen molar-refractivity contribution in [1.82, 2.24) is 0 Å². The number of nitrogens with zero attached hydrogens (tertiary/aromatic N) is 1. The molecule has 0 bridgehead atoms. The van der Waals surface area contributed by atoms with E-state index in [1.54, 1.807) is 6.07 Å². The maximum atomic E-state index is 13.5. The van der Waals surface area contributed by atoms with Crippen molar-refractivity contribution in [3.8, 4) is 0 Å². The molecule has 1 heterocycles. The molecule has 14 heavy (non-hydrogen) atoms. The predicted molar refractivity (Wildman–Crippen MR) is 56.9 cm³/mol. The fraction of sp³-hybridized carbons (Fsp3) is 0.400. The monoisotopic (exact) mass is 259 g/mol.